The minimum absolute atomic E-state index is 0.0450. The SMILES string of the molecule is CNc1onc2c1C(c1ccccc1F)CCC2. The van der Waals surface area contributed by atoms with Crippen molar-refractivity contribution >= 4 is 5.88 Å². The summed E-state index contributed by atoms with van der Waals surface area (Å²) in [6, 6.07) is 6.95. The van der Waals surface area contributed by atoms with Crippen molar-refractivity contribution in [3.63, 3.8) is 0 Å². The zero-order valence-corrected chi connectivity index (χ0v) is 10.2. The summed E-state index contributed by atoms with van der Waals surface area (Å²) in [6.45, 7) is 0. The third-order valence-corrected chi connectivity index (χ3v) is 3.57. The fraction of sp³-hybridized carbons (Fsp3) is 0.357. The molecule has 1 atom stereocenters. The Bertz CT molecular complexity index is 551. The highest BCUT2D eigenvalue weighted by molar-refractivity contribution is 5.50. The van der Waals surface area contributed by atoms with Crippen LogP contribution in [0, 0.1) is 5.82 Å². The highest BCUT2D eigenvalue weighted by Gasteiger charge is 2.30. The first-order valence-electron chi connectivity index (χ1n) is 6.22. The molecule has 1 aliphatic rings. The van der Waals surface area contributed by atoms with Crippen molar-refractivity contribution in [2.24, 2.45) is 0 Å². The highest BCUT2D eigenvalue weighted by atomic mass is 19.1. The van der Waals surface area contributed by atoms with Gasteiger partial charge in [0.2, 0.25) is 5.88 Å². The van der Waals surface area contributed by atoms with Gasteiger partial charge in [-0.25, -0.2) is 4.39 Å². The highest BCUT2D eigenvalue weighted by Crippen LogP contribution is 2.41. The molecule has 18 heavy (non-hydrogen) atoms. The quantitative estimate of drug-likeness (QED) is 0.883. The molecule has 0 spiro atoms. The first-order valence-corrected chi connectivity index (χ1v) is 6.22. The molecule has 0 saturated carbocycles. The van der Waals surface area contributed by atoms with Crippen molar-refractivity contribution in [2.45, 2.75) is 25.2 Å². The van der Waals surface area contributed by atoms with E-state index in [2.05, 4.69) is 10.5 Å². The predicted octanol–water partition coefficient (Wildman–Crippen LogP) is 3.32. The van der Waals surface area contributed by atoms with Gasteiger partial charge in [-0.15, -0.1) is 0 Å². The fourth-order valence-electron chi connectivity index (χ4n) is 2.74. The van der Waals surface area contributed by atoms with Crippen LogP contribution in [0.4, 0.5) is 10.3 Å². The molecule has 2 aromatic rings. The topological polar surface area (TPSA) is 38.1 Å². The van der Waals surface area contributed by atoms with Gasteiger partial charge >= 0.3 is 0 Å². The number of rotatable bonds is 2. The molecule has 3 rings (SSSR count). The zero-order chi connectivity index (χ0) is 12.5. The van der Waals surface area contributed by atoms with Gasteiger partial charge in [0, 0.05) is 18.5 Å². The third-order valence-electron chi connectivity index (χ3n) is 3.57. The lowest BCUT2D eigenvalue weighted by molar-refractivity contribution is 0.424. The van der Waals surface area contributed by atoms with Crippen LogP contribution in [0.1, 0.15) is 35.6 Å². The smallest absolute Gasteiger partial charge is 0.228 e. The summed E-state index contributed by atoms with van der Waals surface area (Å²) < 4.78 is 19.2. The second-order valence-electron chi connectivity index (χ2n) is 4.59. The van der Waals surface area contributed by atoms with E-state index in [0.717, 1.165) is 36.1 Å². The Hall–Kier alpha value is -1.84. The molecule has 0 aliphatic heterocycles. The number of anilines is 1. The van der Waals surface area contributed by atoms with E-state index in [1.807, 2.05) is 12.1 Å². The summed E-state index contributed by atoms with van der Waals surface area (Å²) >= 11 is 0. The molecule has 94 valence electrons. The number of aryl methyl sites for hydroxylation is 1. The molecular formula is C14H15FN2O. The average Bonchev–Trinajstić information content (AvgIpc) is 2.82. The zero-order valence-electron chi connectivity index (χ0n) is 10.2. The van der Waals surface area contributed by atoms with Crippen LogP contribution in [0.25, 0.3) is 0 Å². The van der Waals surface area contributed by atoms with E-state index < -0.39 is 0 Å². The van der Waals surface area contributed by atoms with Gasteiger partial charge in [0.1, 0.15) is 5.82 Å². The summed E-state index contributed by atoms with van der Waals surface area (Å²) in [7, 11) is 1.80. The Balaban J connectivity index is 2.11. The molecule has 1 aliphatic carbocycles. The number of nitrogens with zero attached hydrogens (tertiary/aromatic N) is 1. The maximum absolute atomic E-state index is 13.9. The molecule has 1 heterocycles. The van der Waals surface area contributed by atoms with Crippen LogP contribution in [-0.4, -0.2) is 12.2 Å². The van der Waals surface area contributed by atoms with E-state index in [1.54, 1.807) is 13.1 Å². The normalized spacial score (nSPS) is 18.4. The van der Waals surface area contributed by atoms with Crippen LogP contribution < -0.4 is 5.32 Å². The Morgan fingerprint density at radius 1 is 1.39 bits per heavy atom. The second-order valence-corrected chi connectivity index (χ2v) is 4.59. The lowest BCUT2D eigenvalue weighted by atomic mass is 9.81. The monoisotopic (exact) mass is 246 g/mol. The lowest BCUT2D eigenvalue weighted by Gasteiger charge is -2.22. The van der Waals surface area contributed by atoms with Gasteiger partial charge in [0.25, 0.3) is 0 Å². The van der Waals surface area contributed by atoms with Gasteiger partial charge in [-0.05, 0) is 30.9 Å². The molecule has 1 aromatic heterocycles. The summed E-state index contributed by atoms with van der Waals surface area (Å²) in [5.41, 5.74) is 2.71. The maximum atomic E-state index is 13.9. The molecule has 0 bridgehead atoms. The number of fused-ring (bicyclic) bond motifs is 1. The fourth-order valence-corrected chi connectivity index (χ4v) is 2.74. The first-order chi connectivity index (χ1) is 8.81. The molecule has 1 unspecified atom stereocenters. The van der Waals surface area contributed by atoms with Crippen LogP contribution in [0.2, 0.25) is 0 Å². The van der Waals surface area contributed by atoms with Crippen molar-refractivity contribution in [2.75, 3.05) is 12.4 Å². The van der Waals surface area contributed by atoms with E-state index in [4.69, 9.17) is 4.52 Å². The minimum Gasteiger partial charge on any atom is -0.357 e. The molecule has 0 radical (unpaired) electrons. The van der Waals surface area contributed by atoms with E-state index >= 15 is 0 Å². The average molecular weight is 246 g/mol. The van der Waals surface area contributed by atoms with Crippen molar-refractivity contribution in [1.29, 1.82) is 0 Å². The van der Waals surface area contributed by atoms with Gasteiger partial charge < -0.3 is 9.84 Å². The Labute approximate surface area is 105 Å². The maximum Gasteiger partial charge on any atom is 0.228 e. The van der Waals surface area contributed by atoms with Crippen LogP contribution in [0.5, 0.6) is 0 Å². The molecule has 3 nitrogen and oxygen atoms in total. The first kappa shape index (κ1) is 11.3. The van der Waals surface area contributed by atoms with Gasteiger partial charge in [-0.2, -0.15) is 0 Å². The standard InChI is InChI=1S/C14H15FN2O/c1-16-14-13-10(6-4-8-12(13)17-18-14)9-5-2-3-7-11(9)15/h2-3,5,7,10,16H,4,6,8H2,1H3. The van der Waals surface area contributed by atoms with Gasteiger partial charge in [-0.1, -0.05) is 23.4 Å². The van der Waals surface area contributed by atoms with Crippen molar-refractivity contribution < 1.29 is 8.91 Å². The van der Waals surface area contributed by atoms with Crippen molar-refractivity contribution in [3.05, 3.63) is 46.9 Å². The number of hydrogen-bond donors (Lipinski definition) is 1. The second kappa shape index (κ2) is 4.44. The van der Waals surface area contributed by atoms with E-state index in [9.17, 15) is 4.39 Å². The Morgan fingerprint density at radius 2 is 2.22 bits per heavy atom. The lowest BCUT2D eigenvalue weighted by Crippen LogP contribution is -2.12. The van der Waals surface area contributed by atoms with E-state index in [0.29, 0.717) is 5.88 Å². The van der Waals surface area contributed by atoms with Crippen LogP contribution in [-0.2, 0) is 6.42 Å². The summed E-state index contributed by atoms with van der Waals surface area (Å²) in [5, 5.41) is 7.08. The molecule has 0 saturated heterocycles. The van der Waals surface area contributed by atoms with Crippen LogP contribution >= 0.6 is 0 Å². The minimum atomic E-state index is -0.154. The Morgan fingerprint density at radius 3 is 3.00 bits per heavy atom. The third kappa shape index (κ3) is 1.68. The largest absolute Gasteiger partial charge is 0.357 e. The Kier molecular flexibility index (Phi) is 2.78. The van der Waals surface area contributed by atoms with Crippen molar-refractivity contribution in [3.8, 4) is 0 Å². The molecule has 0 fully saturated rings. The number of benzene rings is 1. The van der Waals surface area contributed by atoms with Gasteiger partial charge in [0.15, 0.2) is 0 Å². The van der Waals surface area contributed by atoms with Crippen molar-refractivity contribution in [1.82, 2.24) is 5.16 Å². The predicted molar refractivity (Wildman–Crippen MR) is 67.2 cm³/mol. The number of nitrogens with one attached hydrogen (secondary N) is 1. The molecule has 4 heteroatoms. The van der Waals surface area contributed by atoms with E-state index in [1.165, 1.54) is 6.07 Å². The number of halogens is 1. The van der Waals surface area contributed by atoms with Crippen LogP contribution in [0.15, 0.2) is 28.8 Å². The molecule has 0 amide bonds. The number of aromatic nitrogens is 1. The summed E-state index contributed by atoms with van der Waals surface area (Å²) in [4.78, 5) is 0. The van der Waals surface area contributed by atoms with E-state index in [-0.39, 0.29) is 11.7 Å². The molecule has 1 N–H and O–H groups in total. The summed E-state index contributed by atoms with van der Waals surface area (Å²) in [6.07, 6.45) is 2.86. The van der Waals surface area contributed by atoms with Gasteiger partial charge in [-0.3, -0.25) is 0 Å². The molecular weight excluding hydrogens is 231 g/mol. The summed E-state index contributed by atoms with van der Waals surface area (Å²) in [5.74, 6) is 0.556. The van der Waals surface area contributed by atoms with Crippen LogP contribution in [0.3, 0.4) is 0 Å². The molecule has 1 aromatic carbocycles. The number of hydrogen-bond acceptors (Lipinski definition) is 3. The van der Waals surface area contributed by atoms with Gasteiger partial charge in [0.05, 0.1) is 5.69 Å².